The number of carboxylic acid groups (broad SMARTS) is 1. The molecule has 10 nitrogen and oxygen atoms in total. The Kier molecular flexibility index (Phi) is 7.65. The van der Waals surface area contributed by atoms with Gasteiger partial charge in [0.2, 0.25) is 0 Å². The molecule has 0 saturated heterocycles. The number of carbonyl (C=O) groups excluding carboxylic acids is 1. The van der Waals surface area contributed by atoms with Crippen LogP contribution in [0.1, 0.15) is 50.5 Å². The average molecular weight is 590 g/mol. The summed E-state index contributed by atoms with van der Waals surface area (Å²) in [4.78, 5) is 35.5. The number of fused-ring (bicyclic) bond motifs is 2. The van der Waals surface area contributed by atoms with Crippen molar-refractivity contribution in [1.82, 2.24) is 19.3 Å². The van der Waals surface area contributed by atoms with E-state index < -0.39 is 6.09 Å². The Bertz CT molecular complexity index is 1910. The normalized spacial score (nSPS) is 14.9. The molecule has 6 rings (SSSR count). The Hall–Kier alpha value is -5.38. The number of benzene rings is 3. The molecule has 0 aliphatic heterocycles. The molecule has 0 spiro atoms. The number of rotatable bonds is 6. The van der Waals surface area contributed by atoms with Crippen LogP contribution in [0.2, 0.25) is 0 Å². The second-order valence-electron chi connectivity index (χ2n) is 11.4. The molecule has 2 heterocycles. The van der Waals surface area contributed by atoms with Crippen LogP contribution in [0.25, 0.3) is 33.1 Å². The Morgan fingerprint density at radius 3 is 2.43 bits per heavy atom. The molecule has 2 aromatic heterocycles. The summed E-state index contributed by atoms with van der Waals surface area (Å²) >= 11 is 0. The van der Waals surface area contributed by atoms with Crippen LogP contribution in [0.5, 0.6) is 0 Å². The maximum absolute atomic E-state index is 12.9. The number of aromatic nitrogens is 3. The van der Waals surface area contributed by atoms with E-state index >= 15 is 0 Å². The van der Waals surface area contributed by atoms with Crippen molar-refractivity contribution in [3.8, 4) is 11.3 Å². The number of nitrogens with one attached hydrogen (secondary N) is 2. The van der Waals surface area contributed by atoms with Crippen LogP contribution in [-0.2, 0) is 0 Å². The van der Waals surface area contributed by atoms with Gasteiger partial charge in [-0.25, -0.2) is 19.6 Å². The minimum absolute atomic E-state index is 0.0651. The SMILES string of the molecule is CC(C)c1nc(-c2ccc(NC(=O)Nc3ccccc3)c3ccccc23)c2c(N)ncc(C3=CCC(N(C)C(=O)O)CC3)n12. The molecule has 5 aromatic rings. The first-order valence-electron chi connectivity index (χ1n) is 14.7. The number of carbonyl (C=O) groups is 2. The third kappa shape index (κ3) is 5.30. The summed E-state index contributed by atoms with van der Waals surface area (Å²) in [5, 5.41) is 17.1. The van der Waals surface area contributed by atoms with Crippen molar-refractivity contribution >= 4 is 51.2 Å². The third-order valence-corrected chi connectivity index (χ3v) is 8.25. The first-order valence-corrected chi connectivity index (χ1v) is 14.7. The predicted molar refractivity (Wildman–Crippen MR) is 175 cm³/mol. The molecule has 10 heteroatoms. The highest BCUT2D eigenvalue weighted by atomic mass is 16.4. The van der Waals surface area contributed by atoms with Gasteiger partial charge in [0.05, 0.1) is 17.6 Å². The van der Waals surface area contributed by atoms with Crippen LogP contribution >= 0.6 is 0 Å². The number of hydrogen-bond acceptors (Lipinski definition) is 5. The molecule has 5 N–H and O–H groups in total. The van der Waals surface area contributed by atoms with Gasteiger partial charge >= 0.3 is 12.1 Å². The molecule has 1 atom stereocenters. The van der Waals surface area contributed by atoms with E-state index in [9.17, 15) is 14.7 Å². The molecule has 224 valence electrons. The van der Waals surface area contributed by atoms with E-state index in [-0.39, 0.29) is 18.0 Å². The Balaban J connectivity index is 1.44. The maximum atomic E-state index is 12.9. The standard InChI is InChI=1S/C34H35N7O3/c1-20(2)32-39-29(30-31(35)36-19-28(41(30)32)21-13-15-23(16-14-21)40(3)34(43)44)26-17-18-27(25-12-8-7-11-24(25)26)38-33(42)37-22-9-5-4-6-10-22/h4-13,17-20,23H,14-16H2,1-3H3,(H2,35,36)(H,43,44)(H2,37,38,42). The molecule has 0 fully saturated rings. The van der Waals surface area contributed by atoms with Crippen LogP contribution < -0.4 is 16.4 Å². The number of urea groups is 1. The summed E-state index contributed by atoms with van der Waals surface area (Å²) in [5.41, 5.74) is 12.3. The molecule has 44 heavy (non-hydrogen) atoms. The van der Waals surface area contributed by atoms with Crippen molar-refractivity contribution in [3.63, 3.8) is 0 Å². The van der Waals surface area contributed by atoms with Gasteiger partial charge < -0.3 is 26.4 Å². The van der Waals surface area contributed by atoms with E-state index in [1.807, 2.05) is 66.7 Å². The number of para-hydroxylation sites is 1. The number of allylic oxidation sites excluding steroid dienone is 1. The van der Waals surface area contributed by atoms with Crippen molar-refractivity contribution < 1.29 is 14.7 Å². The predicted octanol–water partition coefficient (Wildman–Crippen LogP) is 7.44. The molecule has 3 aromatic carbocycles. The molecular formula is C34H35N7O3. The molecular weight excluding hydrogens is 554 g/mol. The number of nitrogens with zero attached hydrogens (tertiary/aromatic N) is 4. The zero-order valence-corrected chi connectivity index (χ0v) is 24.9. The van der Waals surface area contributed by atoms with Crippen molar-refractivity contribution in [2.24, 2.45) is 0 Å². The number of hydrogen-bond donors (Lipinski definition) is 4. The van der Waals surface area contributed by atoms with Crippen LogP contribution in [0.15, 0.2) is 79.0 Å². The van der Waals surface area contributed by atoms with Crippen molar-refractivity contribution in [1.29, 1.82) is 0 Å². The van der Waals surface area contributed by atoms with E-state index in [4.69, 9.17) is 10.7 Å². The van der Waals surface area contributed by atoms with Gasteiger partial charge in [-0.3, -0.25) is 4.40 Å². The number of nitrogen functional groups attached to an aromatic ring is 1. The van der Waals surface area contributed by atoms with E-state index in [0.29, 0.717) is 30.0 Å². The number of imidazole rings is 1. The van der Waals surface area contributed by atoms with Crippen LogP contribution in [0, 0.1) is 0 Å². The zero-order chi connectivity index (χ0) is 31.0. The smallest absolute Gasteiger partial charge is 0.407 e. The summed E-state index contributed by atoms with van der Waals surface area (Å²) in [7, 11) is 1.62. The summed E-state index contributed by atoms with van der Waals surface area (Å²) in [6, 6.07) is 20.6. The van der Waals surface area contributed by atoms with E-state index in [1.165, 1.54) is 4.90 Å². The fraction of sp³-hybridized carbons (Fsp3) is 0.235. The van der Waals surface area contributed by atoms with Gasteiger partial charge in [0.15, 0.2) is 0 Å². The van der Waals surface area contributed by atoms with E-state index in [1.54, 1.807) is 13.2 Å². The van der Waals surface area contributed by atoms with E-state index in [0.717, 1.165) is 51.1 Å². The summed E-state index contributed by atoms with van der Waals surface area (Å²) in [6.45, 7) is 4.20. The van der Waals surface area contributed by atoms with Gasteiger partial charge in [0, 0.05) is 35.6 Å². The first-order chi connectivity index (χ1) is 21.2. The number of anilines is 3. The number of nitrogens with two attached hydrogens (primary N) is 1. The molecule has 1 aliphatic carbocycles. The van der Waals surface area contributed by atoms with Gasteiger partial charge in [-0.15, -0.1) is 0 Å². The molecule has 0 saturated carbocycles. The third-order valence-electron chi connectivity index (χ3n) is 8.25. The lowest BCUT2D eigenvalue weighted by Crippen LogP contribution is -2.36. The summed E-state index contributed by atoms with van der Waals surface area (Å²) in [5.74, 6) is 1.32. The van der Waals surface area contributed by atoms with Gasteiger partial charge in [-0.2, -0.15) is 0 Å². The molecule has 0 bridgehead atoms. The highest BCUT2D eigenvalue weighted by molar-refractivity contribution is 6.11. The Labute approximate surface area is 255 Å². The first kappa shape index (κ1) is 28.7. The van der Waals surface area contributed by atoms with E-state index in [2.05, 4.69) is 39.9 Å². The lowest BCUT2D eigenvalue weighted by molar-refractivity contribution is 0.135. The maximum Gasteiger partial charge on any atom is 0.407 e. The van der Waals surface area contributed by atoms with Crippen molar-refractivity contribution in [2.45, 2.75) is 45.1 Å². The molecule has 1 aliphatic rings. The Morgan fingerprint density at radius 1 is 1.02 bits per heavy atom. The Morgan fingerprint density at radius 2 is 1.75 bits per heavy atom. The molecule has 1 unspecified atom stereocenters. The van der Waals surface area contributed by atoms with Gasteiger partial charge in [0.25, 0.3) is 0 Å². The lowest BCUT2D eigenvalue weighted by Gasteiger charge is -2.29. The monoisotopic (exact) mass is 589 g/mol. The average Bonchev–Trinajstić information content (AvgIpc) is 3.43. The van der Waals surface area contributed by atoms with Crippen LogP contribution in [-0.4, -0.2) is 49.6 Å². The minimum atomic E-state index is -0.921. The summed E-state index contributed by atoms with van der Waals surface area (Å²) in [6.07, 6.45) is 5.04. The van der Waals surface area contributed by atoms with Crippen molar-refractivity contribution in [2.75, 3.05) is 23.4 Å². The highest BCUT2D eigenvalue weighted by Gasteiger charge is 2.27. The van der Waals surface area contributed by atoms with Crippen LogP contribution in [0.4, 0.5) is 26.8 Å². The van der Waals surface area contributed by atoms with Gasteiger partial charge in [0.1, 0.15) is 22.9 Å². The second kappa shape index (κ2) is 11.7. The second-order valence-corrected chi connectivity index (χ2v) is 11.4. The number of amides is 3. The summed E-state index contributed by atoms with van der Waals surface area (Å²) < 4.78 is 2.11. The fourth-order valence-electron chi connectivity index (χ4n) is 5.95. The topological polar surface area (TPSA) is 138 Å². The minimum Gasteiger partial charge on any atom is -0.465 e. The largest absolute Gasteiger partial charge is 0.465 e. The van der Waals surface area contributed by atoms with Crippen LogP contribution in [0.3, 0.4) is 0 Å². The zero-order valence-electron chi connectivity index (χ0n) is 24.9. The lowest BCUT2D eigenvalue weighted by atomic mass is 9.92. The molecule has 3 amide bonds. The molecule has 0 radical (unpaired) electrons. The highest BCUT2D eigenvalue weighted by Crippen LogP contribution is 2.39. The van der Waals surface area contributed by atoms with Crippen molar-refractivity contribution in [3.05, 3.63) is 90.5 Å². The van der Waals surface area contributed by atoms with Gasteiger partial charge in [-0.1, -0.05) is 68.5 Å². The fourth-order valence-corrected chi connectivity index (χ4v) is 5.95. The quantitative estimate of drug-likeness (QED) is 0.162. The van der Waals surface area contributed by atoms with Gasteiger partial charge in [-0.05, 0) is 48.4 Å².